The van der Waals surface area contributed by atoms with Crippen molar-refractivity contribution in [3.8, 4) is 0 Å². The molecule has 2 saturated carbocycles. The molecule has 0 aliphatic heterocycles. The van der Waals surface area contributed by atoms with Crippen LogP contribution < -0.4 is 5.32 Å². The average Bonchev–Trinajstić information content (AvgIpc) is 3.46. The van der Waals surface area contributed by atoms with Crippen molar-refractivity contribution in [1.29, 1.82) is 0 Å². The van der Waals surface area contributed by atoms with Gasteiger partial charge in [-0.05, 0) is 49.9 Å². The fourth-order valence-electron chi connectivity index (χ4n) is 2.96. The van der Waals surface area contributed by atoms with E-state index in [2.05, 4.69) is 16.1 Å². The number of hydrogen-bond donors (Lipinski definition) is 1. The van der Waals surface area contributed by atoms with Gasteiger partial charge in [-0.1, -0.05) is 23.2 Å². The molecule has 6 heteroatoms. The molecule has 2 aliphatic rings. The Bertz CT molecular complexity index is 779. The van der Waals surface area contributed by atoms with Gasteiger partial charge in [0.25, 0.3) is 5.91 Å². The zero-order valence-electron chi connectivity index (χ0n) is 13.3. The Balaban J connectivity index is 1.39. The molecule has 126 valence electrons. The van der Waals surface area contributed by atoms with Gasteiger partial charge in [-0.25, -0.2) is 0 Å². The smallest absolute Gasteiger partial charge is 0.252 e. The van der Waals surface area contributed by atoms with E-state index >= 15 is 0 Å². The summed E-state index contributed by atoms with van der Waals surface area (Å²) >= 11 is 11.9. The third-order valence-corrected chi connectivity index (χ3v) is 5.15. The maximum absolute atomic E-state index is 12.3. The van der Waals surface area contributed by atoms with Gasteiger partial charge < -0.3 is 5.32 Å². The molecule has 1 N–H and O–H groups in total. The predicted octanol–water partition coefficient (Wildman–Crippen LogP) is 4.37. The number of carbonyl (C=O) groups is 1. The minimum Gasteiger partial charge on any atom is -0.350 e. The van der Waals surface area contributed by atoms with Crippen LogP contribution >= 0.6 is 23.2 Å². The first-order chi connectivity index (χ1) is 11.6. The van der Waals surface area contributed by atoms with Gasteiger partial charge in [0, 0.05) is 29.1 Å². The van der Waals surface area contributed by atoms with Gasteiger partial charge in [-0.15, -0.1) is 0 Å². The van der Waals surface area contributed by atoms with E-state index in [1.54, 1.807) is 18.2 Å². The summed E-state index contributed by atoms with van der Waals surface area (Å²) in [6.45, 7) is 1.22. The number of halogens is 2. The molecule has 2 fully saturated rings. The van der Waals surface area contributed by atoms with Gasteiger partial charge in [0.2, 0.25) is 0 Å². The lowest BCUT2D eigenvalue weighted by Crippen LogP contribution is -2.28. The van der Waals surface area contributed by atoms with Gasteiger partial charge in [0.15, 0.2) is 0 Å². The van der Waals surface area contributed by atoms with Crippen LogP contribution in [0.15, 0.2) is 24.3 Å². The van der Waals surface area contributed by atoms with E-state index in [9.17, 15) is 4.79 Å². The van der Waals surface area contributed by atoms with Crippen LogP contribution in [-0.4, -0.2) is 22.2 Å². The van der Waals surface area contributed by atoms with Crippen LogP contribution in [0.1, 0.15) is 59.3 Å². The normalized spacial score (nSPS) is 17.1. The standard InChI is InChI=1S/C18H19Cl2N3O/c19-13-5-6-14(15(20)9-13)18(24)21-7-8-23-17(12-3-4-12)10-16(22-23)11-1-2-11/h5-6,9-12H,1-4,7-8H2,(H,21,24). The molecule has 1 aromatic carbocycles. The van der Waals surface area contributed by atoms with Crippen molar-refractivity contribution in [2.24, 2.45) is 0 Å². The molecule has 0 spiro atoms. The third-order valence-electron chi connectivity index (χ3n) is 4.61. The highest BCUT2D eigenvalue weighted by Gasteiger charge is 2.32. The summed E-state index contributed by atoms with van der Waals surface area (Å²) in [5, 5.41) is 8.57. The van der Waals surface area contributed by atoms with Crippen molar-refractivity contribution < 1.29 is 4.79 Å². The van der Waals surface area contributed by atoms with E-state index in [0.717, 1.165) is 0 Å². The Morgan fingerprint density at radius 1 is 1.17 bits per heavy atom. The molecule has 4 rings (SSSR count). The summed E-state index contributed by atoms with van der Waals surface area (Å²) in [5.41, 5.74) is 3.00. The minimum atomic E-state index is -0.181. The molecule has 4 nitrogen and oxygen atoms in total. The summed E-state index contributed by atoms with van der Waals surface area (Å²) in [7, 11) is 0. The van der Waals surface area contributed by atoms with Crippen LogP contribution in [0.25, 0.3) is 0 Å². The molecule has 1 heterocycles. The first-order valence-corrected chi connectivity index (χ1v) is 9.18. The van der Waals surface area contributed by atoms with E-state index in [-0.39, 0.29) is 5.91 Å². The quantitative estimate of drug-likeness (QED) is 0.827. The molecule has 2 aliphatic carbocycles. The summed E-state index contributed by atoms with van der Waals surface area (Å²) < 4.78 is 2.08. The number of rotatable bonds is 6. The highest BCUT2D eigenvalue weighted by Crippen LogP contribution is 2.44. The zero-order chi connectivity index (χ0) is 16.7. The van der Waals surface area contributed by atoms with Crippen LogP contribution in [-0.2, 0) is 6.54 Å². The number of aromatic nitrogens is 2. The van der Waals surface area contributed by atoms with E-state index in [4.69, 9.17) is 28.3 Å². The van der Waals surface area contributed by atoms with Gasteiger partial charge in [-0.2, -0.15) is 5.10 Å². The zero-order valence-corrected chi connectivity index (χ0v) is 14.8. The fraction of sp³-hybridized carbons (Fsp3) is 0.444. The molecule has 0 saturated heterocycles. The van der Waals surface area contributed by atoms with Crippen molar-refractivity contribution in [2.75, 3.05) is 6.54 Å². The Morgan fingerprint density at radius 3 is 2.58 bits per heavy atom. The second-order valence-electron chi connectivity index (χ2n) is 6.65. The Kier molecular flexibility index (Phi) is 4.27. The first-order valence-electron chi connectivity index (χ1n) is 8.42. The summed E-state index contributed by atoms with van der Waals surface area (Å²) in [6, 6.07) is 7.17. The lowest BCUT2D eigenvalue weighted by molar-refractivity contribution is 0.0952. The number of hydrogen-bond acceptors (Lipinski definition) is 2. The highest BCUT2D eigenvalue weighted by molar-refractivity contribution is 6.36. The molecule has 0 atom stereocenters. The second-order valence-corrected chi connectivity index (χ2v) is 7.49. The Morgan fingerprint density at radius 2 is 1.92 bits per heavy atom. The number of benzene rings is 1. The monoisotopic (exact) mass is 363 g/mol. The molecule has 2 aromatic rings. The van der Waals surface area contributed by atoms with Crippen LogP contribution in [0.5, 0.6) is 0 Å². The number of amides is 1. The average molecular weight is 364 g/mol. The maximum Gasteiger partial charge on any atom is 0.252 e. The lowest BCUT2D eigenvalue weighted by Gasteiger charge is -2.09. The molecule has 0 bridgehead atoms. The highest BCUT2D eigenvalue weighted by atomic mass is 35.5. The molecular weight excluding hydrogens is 345 g/mol. The van der Waals surface area contributed by atoms with Crippen LogP contribution in [0.2, 0.25) is 10.0 Å². The fourth-order valence-corrected chi connectivity index (χ4v) is 3.46. The lowest BCUT2D eigenvalue weighted by atomic mass is 10.2. The molecule has 0 radical (unpaired) electrons. The van der Waals surface area contributed by atoms with Crippen molar-refractivity contribution in [2.45, 2.75) is 44.1 Å². The van der Waals surface area contributed by atoms with Crippen molar-refractivity contribution in [1.82, 2.24) is 15.1 Å². The van der Waals surface area contributed by atoms with Crippen LogP contribution in [0.3, 0.4) is 0 Å². The maximum atomic E-state index is 12.3. The largest absolute Gasteiger partial charge is 0.350 e. The molecule has 24 heavy (non-hydrogen) atoms. The number of nitrogens with zero attached hydrogens (tertiary/aromatic N) is 2. The Labute approximate surface area is 151 Å². The van der Waals surface area contributed by atoms with E-state index < -0.39 is 0 Å². The Hall–Kier alpha value is -1.52. The van der Waals surface area contributed by atoms with E-state index in [1.165, 1.54) is 37.1 Å². The summed E-state index contributed by atoms with van der Waals surface area (Å²) in [6.07, 6.45) is 5.02. The first kappa shape index (κ1) is 16.0. The number of carbonyl (C=O) groups excluding carboxylic acids is 1. The van der Waals surface area contributed by atoms with E-state index in [0.29, 0.717) is 40.5 Å². The topological polar surface area (TPSA) is 46.9 Å². The second kappa shape index (κ2) is 6.41. The van der Waals surface area contributed by atoms with Crippen molar-refractivity contribution in [3.63, 3.8) is 0 Å². The van der Waals surface area contributed by atoms with Crippen molar-refractivity contribution >= 4 is 29.1 Å². The van der Waals surface area contributed by atoms with Crippen LogP contribution in [0.4, 0.5) is 0 Å². The molecule has 0 unspecified atom stereocenters. The minimum absolute atomic E-state index is 0.181. The third kappa shape index (κ3) is 3.45. The molecular formula is C18H19Cl2N3O. The van der Waals surface area contributed by atoms with Crippen LogP contribution in [0, 0.1) is 0 Å². The molecule has 1 amide bonds. The van der Waals surface area contributed by atoms with Gasteiger partial charge in [0.05, 0.1) is 22.8 Å². The van der Waals surface area contributed by atoms with Gasteiger partial charge in [0.1, 0.15) is 0 Å². The SMILES string of the molecule is O=C(NCCn1nc(C2CC2)cc1C1CC1)c1ccc(Cl)cc1Cl. The van der Waals surface area contributed by atoms with Gasteiger partial charge >= 0.3 is 0 Å². The van der Waals surface area contributed by atoms with Gasteiger partial charge in [-0.3, -0.25) is 9.48 Å². The van der Waals surface area contributed by atoms with Crippen molar-refractivity contribution in [3.05, 3.63) is 51.3 Å². The predicted molar refractivity (Wildman–Crippen MR) is 95.0 cm³/mol. The summed E-state index contributed by atoms with van der Waals surface area (Å²) in [5.74, 6) is 1.14. The molecule has 1 aromatic heterocycles. The van der Waals surface area contributed by atoms with E-state index in [1.807, 2.05) is 0 Å². The number of nitrogens with one attached hydrogen (secondary N) is 1. The summed E-state index contributed by atoms with van der Waals surface area (Å²) in [4.78, 5) is 12.3.